The molecule has 2 saturated heterocycles. The van der Waals surface area contributed by atoms with Gasteiger partial charge in [-0.3, -0.25) is 0 Å². The highest BCUT2D eigenvalue weighted by Gasteiger charge is 2.60. The molecular formula is C15H23NO3. The molecule has 2 bridgehead atoms. The molecule has 106 valence electrons. The third-order valence-corrected chi connectivity index (χ3v) is 4.88. The van der Waals surface area contributed by atoms with E-state index >= 15 is 0 Å². The van der Waals surface area contributed by atoms with Crippen LogP contribution in [0, 0.1) is 11.3 Å². The fourth-order valence-electron chi connectivity index (χ4n) is 3.86. The second-order valence-corrected chi connectivity index (χ2v) is 6.01. The number of rotatable bonds is 3. The normalized spacial score (nSPS) is 44.9. The first kappa shape index (κ1) is 13.2. The summed E-state index contributed by atoms with van der Waals surface area (Å²) in [4.78, 5) is 0. The van der Waals surface area contributed by atoms with Crippen LogP contribution in [-0.4, -0.2) is 35.3 Å². The number of fused-ring (bicyclic) bond motifs is 1. The molecule has 0 aromatic rings. The van der Waals surface area contributed by atoms with E-state index in [4.69, 9.17) is 4.74 Å². The minimum atomic E-state index is -1.08. The summed E-state index contributed by atoms with van der Waals surface area (Å²) in [5.74, 6) is -0.853. The van der Waals surface area contributed by atoms with E-state index in [0.717, 1.165) is 18.5 Å². The molecule has 19 heavy (non-hydrogen) atoms. The van der Waals surface area contributed by atoms with Gasteiger partial charge in [0.1, 0.15) is 0 Å². The van der Waals surface area contributed by atoms with Gasteiger partial charge in [0.05, 0.1) is 12.7 Å². The van der Waals surface area contributed by atoms with Gasteiger partial charge in [-0.25, -0.2) is 0 Å². The summed E-state index contributed by atoms with van der Waals surface area (Å²) in [7, 11) is 0. The number of β-amino-alcohol motifs (C(OH)–C–C–N with tert-alkyl or cyclic N) is 1. The summed E-state index contributed by atoms with van der Waals surface area (Å²) in [6.45, 7) is 3.21. The highest BCUT2D eigenvalue weighted by molar-refractivity contribution is 5.29. The first-order valence-corrected chi connectivity index (χ1v) is 7.24. The van der Waals surface area contributed by atoms with Gasteiger partial charge in [-0.1, -0.05) is 25.2 Å². The average Bonchev–Trinajstić information content (AvgIpc) is 2.70. The maximum atomic E-state index is 10.5. The molecule has 1 aliphatic carbocycles. The lowest BCUT2D eigenvalue weighted by Gasteiger charge is -2.52. The zero-order chi connectivity index (χ0) is 13.5. The Kier molecular flexibility index (Phi) is 3.20. The van der Waals surface area contributed by atoms with Crippen LogP contribution in [0.5, 0.6) is 0 Å². The Morgan fingerprint density at radius 3 is 3.16 bits per heavy atom. The Hall–Kier alpha value is -0.840. The maximum Gasteiger partial charge on any atom is 0.169 e. The number of allylic oxidation sites excluding steroid dienone is 2. The molecule has 2 aliphatic heterocycles. The summed E-state index contributed by atoms with van der Waals surface area (Å²) in [6.07, 6.45) is 8.83. The average molecular weight is 265 g/mol. The van der Waals surface area contributed by atoms with E-state index in [0.29, 0.717) is 26.0 Å². The third kappa shape index (κ3) is 1.93. The monoisotopic (exact) mass is 265 g/mol. The fraction of sp³-hybridized carbons (Fsp3) is 0.733. The Bertz CT molecular complexity index is 420. The number of aliphatic hydroxyl groups is 2. The first-order chi connectivity index (χ1) is 9.11. The number of hydrogen-bond donors (Lipinski definition) is 3. The van der Waals surface area contributed by atoms with Crippen LogP contribution in [-0.2, 0) is 4.74 Å². The van der Waals surface area contributed by atoms with Gasteiger partial charge in [0.25, 0.3) is 0 Å². The molecule has 1 spiro atoms. The van der Waals surface area contributed by atoms with E-state index in [1.54, 1.807) is 0 Å². The van der Waals surface area contributed by atoms with E-state index in [2.05, 4.69) is 24.4 Å². The van der Waals surface area contributed by atoms with Crippen LogP contribution in [0.15, 0.2) is 23.9 Å². The van der Waals surface area contributed by atoms with Gasteiger partial charge in [-0.2, -0.15) is 0 Å². The van der Waals surface area contributed by atoms with E-state index in [9.17, 15) is 10.2 Å². The number of ether oxygens (including phenoxy) is 1. The molecule has 3 N–H and O–H groups in total. The summed E-state index contributed by atoms with van der Waals surface area (Å²) in [5, 5.41) is 24.2. The van der Waals surface area contributed by atoms with E-state index in [1.165, 1.54) is 0 Å². The molecule has 1 unspecified atom stereocenters. The number of hydrogen-bond acceptors (Lipinski definition) is 4. The second kappa shape index (κ2) is 4.62. The lowest BCUT2D eigenvalue weighted by atomic mass is 9.61. The molecule has 4 heteroatoms. The lowest BCUT2D eigenvalue weighted by molar-refractivity contribution is -0.275. The topological polar surface area (TPSA) is 61.7 Å². The molecule has 0 aromatic heterocycles. The van der Waals surface area contributed by atoms with Gasteiger partial charge in [-0.05, 0) is 18.8 Å². The molecule has 3 aliphatic rings. The predicted octanol–water partition coefficient (Wildman–Crippen LogP) is 1.31. The molecule has 4 atom stereocenters. The van der Waals surface area contributed by atoms with Crippen LogP contribution in [0.3, 0.4) is 0 Å². The van der Waals surface area contributed by atoms with Crippen molar-refractivity contribution < 1.29 is 14.9 Å². The number of aliphatic hydroxyl groups excluding tert-OH is 1. The molecule has 0 amide bonds. The van der Waals surface area contributed by atoms with Gasteiger partial charge < -0.3 is 20.3 Å². The molecule has 3 rings (SSSR count). The van der Waals surface area contributed by atoms with Crippen molar-refractivity contribution in [3.8, 4) is 0 Å². The number of nitrogens with one attached hydrogen (secondary N) is 1. The van der Waals surface area contributed by atoms with E-state index in [1.807, 2.05) is 6.08 Å². The maximum absolute atomic E-state index is 10.5. The molecule has 0 radical (unpaired) electrons. The van der Waals surface area contributed by atoms with E-state index < -0.39 is 11.9 Å². The predicted molar refractivity (Wildman–Crippen MR) is 72.2 cm³/mol. The molecule has 2 fully saturated rings. The van der Waals surface area contributed by atoms with Crippen LogP contribution >= 0.6 is 0 Å². The van der Waals surface area contributed by atoms with Crippen molar-refractivity contribution in [2.75, 3.05) is 13.2 Å². The smallest absolute Gasteiger partial charge is 0.169 e. The zero-order valence-corrected chi connectivity index (χ0v) is 11.4. The zero-order valence-electron chi connectivity index (χ0n) is 11.4. The second-order valence-electron chi connectivity index (χ2n) is 6.01. The molecule has 2 heterocycles. The minimum absolute atomic E-state index is 0.229. The summed E-state index contributed by atoms with van der Waals surface area (Å²) in [5.41, 5.74) is 0.770. The molecule has 0 aromatic carbocycles. The van der Waals surface area contributed by atoms with Gasteiger partial charge in [0, 0.05) is 30.5 Å². The Morgan fingerprint density at radius 1 is 1.53 bits per heavy atom. The van der Waals surface area contributed by atoms with E-state index in [-0.39, 0.29) is 11.3 Å². The van der Waals surface area contributed by atoms with Crippen LogP contribution < -0.4 is 5.32 Å². The highest BCUT2D eigenvalue weighted by Crippen LogP contribution is 2.55. The Labute approximate surface area is 114 Å². The van der Waals surface area contributed by atoms with Crippen LogP contribution in [0.4, 0.5) is 0 Å². The minimum Gasteiger partial charge on any atom is -0.390 e. The largest absolute Gasteiger partial charge is 0.390 e. The van der Waals surface area contributed by atoms with Crippen LogP contribution in [0.1, 0.15) is 32.6 Å². The van der Waals surface area contributed by atoms with Crippen molar-refractivity contribution in [3.63, 3.8) is 0 Å². The van der Waals surface area contributed by atoms with Crippen molar-refractivity contribution in [1.29, 1.82) is 0 Å². The lowest BCUT2D eigenvalue weighted by Crippen LogP contribution is -2.56. The fourth-order valence-corrected chi connectivity index (χ4v) is 3.86. The summed E-state index contributed by atoms with van der Waals surface area (Å²) in [6, 6.07) is 0. The molecule has 0 saturated carbocycles. The quantitative estimate of drug-likeness (QED) is 0.673. The van der Waals surface area contributed by atoms with Crippen molar-refractivity contribution in [2.45, 2.75) is 44.5 Å². The van der Waals surface area contributed by atoms with Crippen LogP contribution in [0.2, 0.25) is 0 Å². The molecule has 4 nitrogen and oxygen atoms in total. The van der Waals surface area contributed by atoms with Gasteiger partial charge >= 0.3 is 0 Å². The highest BCUT2D eigenvalue weighted by atomic mass is 16.6. The van der Waals surface area contributed by atoms with Crippen molar-refractivity contribution in [2.24, 2.45) is 11.3 Å². The van der Waals surface area contributed by atoms with Gasteiger partial charge in [-0.15, -0.1) is 0 Å². The van der Waals surface area contributed by atoms with Gasteiger partial charge in [0.15, 0.2) is 5.79 Å². The molecular weight excluding hydrogens is 242 g/mol. The first-order valence-electron chi connectivity index (χ1n) is 7.24. The summed E-state index contributed by atoms with van der Waals surface area (Å²) < 4.78 is 5.67. The SMILES string of the molecule is CC/C=C\C[C@@H]1CO[C@]2(O)CC=C3NC[C@H](O)C31C2. The van der Waals surface area contributed by atoms with Crippen molar-refractivity contribution in [3.05, 3.63) is 23.9 Å². The Balaban J connectivity index is 1.92. The van der Waals surface area contributed by atoms with Gasteiger partial charge in [0.2, 0.25) is 0 Å². The Morgan fingerprint density at radius 2 is 2.37 bits per heavy atom. The van der Waals surface area contributed by atoms with Crippen molar-refractivity contribution in [1.82, 2.24) is 5.32 Å². The summed E-state index contributed by atoms with van der Waals surface area (Å²) >= 11 is 0. The third-order valence-electron chi connectivity index (χ3n) is 4.88. The van der Waals surface area contributed by atoms with Crippen LogP contribution in [0.25, 0.3) is 0 Å². The van der Waals surface area contributed by atoms with Crippen molar-refractivity contribution >= 4 is 0 Å². The standard InChI is InChI=1S/C15H23NO3/c1-2-3-4-5-11-9-19-14(18)7-6-12-15(11,10-14)13(17)8-16-12/h3-4,6,11,13,16-18H,2,5,7-10H2,1H3/b4-3-/t11-,13+,14-,15?/m1/s1.